The van der Waals surface area contributed by atoms with Crippen molar-refractivity contribution in [3.63, 3.8) is 0 Å². The van der Waals surface area contributed by atoms with Gasteiger partial charge in [0.2, 0.25) is 0 Å². The minimum atomic E-state index is -0.0891. The Labute approximate surface area is 123 Å². The second kappa shape index (κ2) is 6.22. The van der Waals surface area contributed by atoms with E-state index in [1.54, 1.807) is 6.07 Å². The molecule has 2 N–H and O–H groups in total. The van der Waals surface area contributed by atoms with E-state index in [1.165, 1.54) is 19.0 Å². The van der Waals surface area contributed by atoms with E-state index in [-0.39, 0.29) is 5.91 Å². The van der Waals surface area contributed by atoms with Gasteiger partial charge in [0, 0.05) is 12.7 Å². The molecule has 2 aromatic heterocycles. The monoisotopic (exact) mass is 288 g/mol. The Morgan fingerprint density at radius 1 is 1.57 bits per heavy atom. The summed E-state index contributed by atoms with van der Waals surface area (Å²) in [5, 5.41) is 11.0. The van der Waals surface area contributed by atoms with Gasteiger partial charge < -0.3 is 15.2 Å². The Balaban J connectivity index is 1.57. The van der Waals surface area contributed by atoms with Crippen LogP contribution in [0.15, 0.2) is 16.8 Å². The molecule has 1 amide bonds. The lowest BCUT2D eigenvalue weighted by molar-refractivity contribution is 0.0950. The Morgan fingerprint density at radius 2 is 2.48 bits per heavy atom. The zero-order chi connectivity index (χ0) is 14.7. The molecule has 3 heterocycles. The highest BCUT2D eigenvalue weighted by Gasteiger charge is 2.14. The first-order valence-electron chi connectivity index (χ1n) is 7.45. The third-order valence-corrected chi connectivity index (χ3v) is 4.01. The molecule has 21 heavy (non-hydrogen) atoms. The van der Waals surface area contributed by atoms with Crippen LogP contribution in [-0.4, -0.2) is 35.7 Å². The number of nitrogens with one attached hydrogen (secondary N) is 2. The first kappa shape index (κ1) is 14.0. The molecule has 0 spiro atoms. The van der Waals surface area contributed by atoms with Crippen LogP contribution in [0.1, 0.15) is 35.3 Å². The van der Waals surface area contributed by atoms with Gasteiger partial charge in [0.1, 0.15) is 0 Å². The van der Waals surface area contributed by atoms with Crippen molar-refractivity contribution >= 4 is 17.0 Å². The molecule has 112 valence electrons. The van der Waals surface area contributed by atoms with Gasteiger partial charge in [-0.1, -0.05) is 5.16 Å². The first-order chi connectivity index (χ1) is 10.2. The zero-order valence-electron chi connectivity index (χ0n) is 12.2. The van der Waals surface area contributed by atoms with Crippen molar-refractivity contribution in [2.24, 2.45) is 5.92 Å². The summed E-state index contributed by atoms with van der Waals surface area (Å²) in [6.45, 7) is 4.72. The zero-order valence-corrected chi connectivity index (χ0v) is 12.2. The smallest absolute Gasteiger partial charge is 0.257 e. The number of nitrogens with zero attached hydrogens (tertiary/aromatic N) is 2. The number of carbonyl (C=O) groups is 1. The molecule has 6 heteroatoms. The number of hydrogen-bond acceptors (Lipinski definition) is 5. The lowest BCUT2D eigenvalue weighted by atomic mass is 9.96. The van der Waals surface area contributed by atoms with Crippen LogP contribution in [0, 0.1) is 12.8 Å². The normalized spacial score (nSPS) is 18.8. The molecule has 0 aliphatic carbocycles. The van der Waals surface area contributed by atoms with E-state index in [0.717, 1.165) is 30.6 Å². The van der Waals surface area contributed by atoms with Crippen molar-refractivity contribution in [2.45, 2.75) is 26.2 Å². The highest BCUT2D eigenvalue weighted by Crippen LogP contribution is 2.17. The molecular formula is C15H20N4O2. The number of hydrogen-bond donors (Lipinski definition) is 2. The summed E-state index contributed by atoms with van der Waals surface area (Å²) in [6, 6.07) is 1.78. The number of aromatic nitrogens is 2. The van der Waals surface area contributed by atoms with E-state index < -0.39 is 0 Å². The van der Waals surface area contributed by atoms with E-state index in [2.05, 4.69) is 20.8 Å². The molecule has 1 aliphatic rings. The molecular weight excluding hydrogens is 268 g/mol. The van der Waals surface area contributed by atoms with Gasteiger partial charge in [-0.25, -0.2) is 4.98 Å². The van der Waals surface area contributed by atoms with E-state index in [1.807, 2.05) is 6.92 Å². The summed E-state index contributed by atoms with van der Waals surface area (Å²) in [7, 11) is 0. The number of rotatable bonds is 4. The third kappa shape index (κ3) is 3.21. The Morgan fingerprint density at radius 3 is 3.29 bits per heavy atom. The molecule has 0 radical (unpaired) electrons. The average molecular weight is 288 g/mol. The van der Waals surface area contributed by atoms with Crippen molar-refractivity contribution in [1.82, 2.24) is 20.8 Å². The van der Waals surface area contributed by atoms with Crippen LogP contribution in [0.5, 0.6) is 0 Å². The number of aryl methyl sites for hydroxylation is 1. The molecule has 3 rings (SSSR count). The van der Waals surface area contributed by atoms with Crippen LogP contribution in [0.25, 0.3) is 11.1 Å². The molecule has 2 aromatic rings. The predicted octanol–water partition coefficient (Wildman–Crippen LogP) is 1.65. The maximum absolute atomic E-state index is 12.1. The van der Waals surface area contributed by atoms with Crippen molar-refractivity contribution in [2.75, 3.05) is 19.6 Å². The van der Waals surface area contributed by atoms with Crippen molar-refractivity contribution in [3.8, 4) is 0 Å². The summed E-state index contributed by atoms with van der Waals surface area (Å²) in [4.78, 5) is 16.3. The van der Waals surface area contributed by atoms with Gasteiger partial charge >= 0.3 is 0 Å². The van der Waals surface area contributed by atoms with Crippen LogP contribution in [0.2, 0.25) is 0 Å². The van der Waals surface area contributed by atoms with Gasteiger partial charge in [-0.15, -0.1) is 0 Å². The van der Waals surface area contributed by atoms with E-state index in [0.29, 0.717) is 23.7 Å². The van der Waals surface area contributed by atoms with E-state index in [4.69, 9.17) is 4.52 Å². The minimum Gasteiger partial charge on any atom is -0.352 e. The van der Waals surface area contributed by atoms with Gasteiger partial charge in [-0.2, -0.15) is 0 Å². The molecule has 1 unspecified atom stereocenters. The Bertz CT molecular complexity index is 632. The summed E-state index contributed by atoms with van der Waals surface area (Å²) in [5.41, 5.74) is 1.77. The van der Waals surface area contributed by atoms with Gasteiger partial charge in [-0.05, 0) is 51.3 Å². The lowest BCUT2D eigenvalue weighted by Crippen LogP contribution is -2.33. The van der Waals surface area contributed by atoms with Gasteiger partial charge in [0.25, 0.3) is 11.6 Å². The minimum absolute atomic E-state index is 0.0891. The van der Waals surface area contributed by atoms with Gasteiger partial charge in [0.15, 0.2) is 0 Å². The molecule has 1 saturated heterocycles. The van der Waals surface area contributed by atoms with Crippen molar-refractivity contribution in [3.05, 3.63) is 23.5 Å². The molecule has 6 nitrogen and oxygen atoms in total. The van der Waals surface area contributed by atoms with Gasteiger partial charge in [-0.3, -0.25) is 4.79 Å². The summed E-state index contributed by atoms with van der Waals surface area (Å²) >= 11 is 0. The summed E-state index contributed by atoms with van der Waals surface area (Å²) in [6.07, 6.45) is 5.02. The Kier molecular flexibility index (Phi) is 4.15. The fourth-order valence-corrected chi connectivity index (χ4v) is 2.73. The standard InChI is InChI=1S/C15H20N4O2/c1-10-13-7-12(9-18-15(13)21-19-10)14(20)17-6-4-11-3-2-5-16-8-11/h7,9,11,16H,2-6,8H2,1H3,(H,17,20). The quantitative estimate of drug-likeness (QED) is 0.894. The maximum Gasteiger partial charge on any atom is 0.257 e. The van der Waals surface area contributed by atoms with Gasteiger partial charge in [0.05, 0.1) is 16.6 Å². The number of carbonyl (C=O) groups excluding carboxylic acids is 1. The maximum atomic E-state index is 12.1. The topological polar surface area (TPSA) is 80.0 Å². The van der Waals surface area contributed by atoms with Crippen molar-refractivity contribution in [1.29, 1.82) is 0 Å². The number of piperidine rings is 1. The summed E-state index contributed by atoms with van der Waals surface area (Å²) < 4.78 is 5.04. The van der Waals surface area contributed by atoms with Crippen molar-refractivity contribution < 1.29 is 9.32 Å². The number of fused-ring (bicyclic) bond motifs is 1. The van der Waals surface area contributed by atoms with Crippen LogP contribution >= 0.6 is 0 Å². The number of amides is 1. The molecule has 0 bridgehead atoms. The molecule has 1 atom stereocenters. The lowest BCUT2D eigenvalue weighted by Gasteiger charge is -2.22. The molecule has 1 aliphatic heterocycles. The third-order valence-electron chi connectivity index (χ3n) is 4.01. The first-order valence-corrected chi connectivity index (χ1v) is 7.45. The SMILES string of the molecule is Cc1noc2ncc(C(=O)NCCC3CCCNC3)cc12. The Hall–Kier alpha value is -1.95. The molecule has 1 fully saturated rings. The van der Waals surface area contributed by atoms with E-state index in [9.17, 15) is 4.79 Å². The van der Waals surface area contributed by atoms with Crippen LogP contribution in [0.4, 0.5) is 0 Å². The predicted molar refractivity (Wildman–Crippen MR) is 79.1 cm³/mol. The fourth-order valence-electron chi connectivity index (χ4n) is 2.73. The second-order valence-electron chi connectivity index (χ2n) is 5.60. The molecule has 0 aromatic carbocycles. The van der Waals surface area contributed by atoms with Crippen LogP contribution < -0.4 is 10.6 Å². The average Bonchev–Trinajstić information content (AvgIpc) is 2.89. The largest absolute Gasteiger partial charge is 0.352 e. The molecule has 0 saturated carbocycles. The number of pyridine rings is 1. The van der Waals surface area contributed by atoms with E-state index >= 15 is 0 Å². The highest BCUT2D eigenvalue weighted by molar-refractivity contribution is 5.96. The second-order valence-corrected chi connectivity index (χ2v) is 5.60. The highest BCUT2D eigenvalue weighted by atomic mass is 16.5. The fraction of sp³-hybridized carbons (Fsp3) is 0.533. The van der Waals surface area contributed by atoms with Crippen LogP contribution in [-0.2, 0) is 0 Å². The van der Waals surface area contributed by atoms with Crippen LogP contribution in [0.3, 0.4) is 0 Å². The summed E-state index contributed by atoms with van der Waals surface area (Å²) in [5.74, 6) is 0.578.